The average Bonchev–Trinajstić information content (AvgIpc) is 3.03. The zero-order valence-electron chi connectivity index (χ0n) is 14.6. The first-order valence-corrected chi connectivity index (χ1v) is 8.34. The third-order valence-corrected chi connectivity index (χ3v) is 4.38. The van der Waals surface area contributed by atoms with Gasteiger partial charge in [-0.15, -0.1) is 0 Å². The van der Waals surface area contributed by atoms with Gasteiger partial charge in [-0.2, -0.15) is 0 Å². The molecule has 0 amide bonds. The average molecular weight is 345 g/mol. The van der Waals surface area contributed by atoms with Gasteiger partial charge in [0.25, 0.3) is 0 Å². The maximum Gasteiger partial charge on any atom is 0.161 e. The second kappa shape index (κ2) is 6.44. The number of ether oxygens (including phenoxy) is 1. The summed E-state index contributed by atoms with van der Waals surface area (Å²) in [5.74, 6) is 1.39. The lowest BCUT2D eigenvalue weighted by Crippen LogP contribution is -1.98. The van der Waals surface area contributed by atoms with E-state index in [1.807, 2.05) is 53.1 Å². The molecule has 0 saturated heterocycles. The van der Waals surface area contributed by atoms with Crippen LogP contribution in [0.1, 0.15) is 5.56 Å². The summed E-state index contributed by atoms with van der Waals surface area (Å²) in [7, 11) is 1.54. The number of para-hydroxylation sites is 1. The summed E-state index contributed by atoms with van der Waals surface area (Å²) in [6.07, 6.45) is 1.98. The van der Waals surface area contributed by atoms with E-state index in [1.165, 1.54) is 7.11 Å². The normalized spacial score (nSPS) is 10.8. The van der Waals surface area contributed by atoms with Crippen LogP contribution in [0.5, 0.6) is 11.5 Å². The predicted octanol–water partition coefficient (Wildman–Crippen LogP) is 4.77. The van der Waals surface area contributed by atoms with Gasteiger partial charge in [0.05, 0.1) is 7.11 Å². The zero-order chi connectivity index (χ0) is 18.1. The molecule has 2 N–H and O–H groups in total. The van der Waals surface area contributed by atoms with Crippen molar-refractivity contribution in [1.29, 1.82) is 0 Å². The van der Waals surface area contributed by atoms with Crippen LogP contribution in [0.2, 0.25) is 0 Å². The first-order valence-electron chi connectivity index (χ1n) is 8.34. The number of imidazole rings is 1. The van der Waals surface area contributed by atoms with E-state index in [0.717, 1.165) is 34.0 Å². The summed E-state index contributed by atoms with van der Waals surface area (Å²) in [5.41, 5.74) is 4.65. The number of phenolic OH excluding ortho intramolecular Hbond substituents is 1. The van der Waals surface area contributed by atoms with E-state index in [-0.39, 0.29) is 5.75 Å². The van der Waals surface area contributed by atoms with Gasteiger partial charge in [0.1, 0.15) is 17.2 Å². The number of nitrogens with zero attached hydrogens (tertiary/aromatic N) is 2. The van der Waals surface area contributed by atoms with Crippen LogP contribution in [-0.2, 0) is 0 Å². The molecule has 5 nitrogen and oxygen atoms in total. The third kappa shape index (κ3) is 2.73. The van der Waals surface area contributed by atoms with Gasteiger partial charge >= 0.3 is 0 Å². The monoisotopic (exact) mass is 345 g/mol. The fourth-order valence-electron chi connectivity index (χ4n) is 2.98. The van der Waals surface area contributed by atoms with Gasteiger partial charge in [-0.05, 0) is 48.9 Å². The second-order valence-electron chi connectivity index (χ2n) is 6.06. The molecule has 0 aliphatic heterocycles. The number of fused-ring (bicyclic) bond motifs is 1. The molecule has 0 unspecified atom stereocenters. The lowest BCUT2D eigenvalue weighted by atomic mass is 10.1. The molecule has 0 spiro atoms. The summed E-state index contributed by atoms with van der Waals surface area (Å²) < 4.78 is 7.27. The highest BCUT2D eigenvalue weighted by molar-refractivity contribution is 5.81. The van der Waals surface area contributed by atoms with E-state index in [1.54, 1.807) is 12.1 Å². The molecular weight excluding hydrogens is 326 g/mol. The molecule has 2 heterocycles. The van der Waals surface area contributed by atoms with Crippen molar-refractivity contribution in [3.8, 4) is 22.8 Å². The van der Waals surface area contributed by atoms with Crippen LogP contribution in [-0.4, -0.2) is 21.6 Å². The number of aromatic hydroxyl groups is 1. The second-order valence-corrected chi connectivity index (χ2v) is 6.06. The van der Waals surface area contributed by atoms with E-state index in [2.05, 4.69) is 18.3 Å². The maximum atomic E-state index is 9.90. The largest absolute Gasteiger partial charge is 0.504 e. The van der Waals surface area contributed by atoms with E-state index in [0.29, 0.717) is 5.75 Å². The van der Waals surface area contributed by atoms with Gasteiger partial charge < -0.3 is 15.2 Å². The SMILES string of the molecule is COc1cc(-c2nc3ccccn3c2Nc2ccccc2C)ccc1O. The number of hydrogen-bond donors (Lipinski definition) is 2. The molecule has 4 aromatic rings. The minimum Gasteiger partial charge on any atom is -0.504 e. The first kappa shape index (κ1) is 16.0. The molecule has 2 aromatic carbocycles. The highest BCUT2D eigenvalue weighted by Gasteiger charge is 2.16. The predicted molar refractivity (Wildman–Crippen MR) is 103 cm³/mol. The van der Waals surface area contributed by atoms with Crippen molar-refractivity contribution in [1.82, 2.24) is 9.38 Å². The summed E-state index contributed by atoms with van der Waals surface area (Å²) in [5, 5.41) is 13.4. The Morgan fingerprint density at radius 2 is 1.85 bits per heavy atom. The minimum atomic E-state index is 0.105. The molecule has 0 atom stereocenters. The van der Waals surface area contributed by atoms with Crippen molar-refractivity contribution in [2.45, 2.75) is 6.92 Å². The van der Waals surface area contributed by atoms with Gasteiger partial charge in [-0.25, -0.2) is 4.98 Å². The topological polar surface area (TPSA) is 58.8 Å². The minimum absolute atomic E-state index is 0.105. The molecule has 0 fully saturated rings. The quantitative estimate of drug-likeness (QED) is 0.559. The Morgan fingerprint density at radius 1 is 1.04 bits per heavy atom. The van der Waals surface area contributed by atoms with Crippen LogP contribution in [0.25, 0.3) is 16.9 Å². The number of aryl methyl sites for hydroxylation is 1. The number of anilines is 2. The van der Waals surface area contributed by atoms with Gasteiger partial charge in [0, 0.05) is 17.4 Å². The highest BCUT2D eigenvalue weighted by Crippen LogP contribution is 2.36. The van der Waals surface area contributed by atoms with Gasteiger partial charge in [0.2, 0.25) is 0 Å². The van der Waals surface area contributed by atoms with Gasteiger partial charge in [0.15, 0.2) is 11.5 Å². The third-order valence-electron chi connectivity index (χ3n) is 4.38. The lowest BCUT2D eigenvalue weighted by Gasteiger charge is -2.12. The number of aromatic nitrogens is 2. The molecule has 2 aromatic heterocycles. The summed E-state index contributed by atoms with van der Waals surface area (Å²) in [4.78, 5) is 4.78. The number of rotatable bonds is 4. The van der Waals surface area contributed by atoms with Crippen molar-refractivity contribution >= 4 is 17.2 Å². The number of nitrogens with one attached hydrogen (secondary N) is 1. The molecule has 130 valence electrons. The van der Waals surface area contributed by atoms with Crippen LogP contribution < -0.4 is 10.1 Å². The number of benzene rings is 2. The van der Waals surface area contributed by atoms with E-state index in [4.69, 9.17) is 9.72 Å². The lowest BCUT2D eigenvalue weighted by molar-refractivity contribution is 0.373. The van der Waals surface area contributed by atoms with Crippen LogP contribution in [0.3, 0.4) is 0 Å². The molecule has 26 heavy (non-hydrogen) atoms. The van der Waals surface area contributed by atoms with Crippen LogP contribution in [0, 0.1) is 6.92 Å². The fraction of sp³-hybridized carbons (Fsp3) is 0.0952. The molecule has 0 aliphatic carbocycles. The van der Waals surface area contributed by atoms with E-state index in [9.17, 15) is 5.11 Å². The Morgan fingerprint density at radius 3 is 2.65 bits per heavy atom. The molecule has 0 saturated carbocycles. The Bertz CT molecular complexity index is 1090. The van der Waals surface area contributed by atoms with Crippen LogP contribution in [0.4, 0.5) is 11.5 Å². The van der Waals surface area contributed by atoms with Gasteiger partial charge in [-0.3, -0.25) is 4.40 Å². The van der Waals surface area contributed by atoms with E-state index >= 15 is 0 Å². The van der Waals surface area contributed by atoms with Crippen molar-refractivity contribution < 1.29 is 9.84 Å². The molecule has 5 heteroatoms. The van der Waals surface area contributed by atoms with Crippen molar-refractivity contribution in [3.05, 3.63) is 72.4 Å². The zero-order valence-corrected chi connectivity index (χ0v) is 14.6. The number of hydrogen-bond acceptors (Lipinski definition) is 4. The fourth-order valence-corrected chi connectivity index (χ4v) is 2.98. The van der Waals surface area contributed by atoms with Crippen molar-refractivity contribution in [2.24, 2.45) is 0 Å². The molecule has 4 rings (SSSR count). The molecule has 0 bridgehead atoms. The molecule has 0 aliphatic rings. The number of phenols is 1. The maximum absolute atomic E-state index is 9.90. The van der Waals surface area contributed by atoms with Crippen molar-refractivity contribution in [3.63, 3.8) is 0 Å². The van der Waals surface area contributed by atoms with Gasteiger partial charge in [-0.1, -0.05) is 24.3 Å². The molecule has 0 radical (unpaired) electrons. The summed E-state index contributed by atoms with van der Waals surface area (Å²) >= 11 is 0. The Labute approximate surface area is 151 Å². The Balaban J connectivity index is 1.91. The Kier molecular flexibility index (Phi) is 3.97. The molecular formula is C21H19N3O2. The standard InChI is InChI=1S/C21H19N3O2/c1-14-7-3-4-8-16(14)22-21-20(23-19-9-5-6-12-24(19)21)15-10-11-17(25)18(13-15)26-2/h3-13,22,25H,1-2H3. The number of pyridine rings is 1. The summed E-state index contributed by atoms with van der Waals surface area (Å²) in [6, 6.07) is 19.3. The van der Waals surface area contributed by atoms with Crippen molar-refractivity contribution in [2.75, 3.05) is 12.4 Å². The first-order chi connectivity index (χ1) is 12.7. The Hall–Kier alpha value is -3.47. The van der Waals surface area contributed by atoms with Crippen LogP contribution in [0.15, 0.2) is 66.9 Å². The highest BCUT2D eigenvalue weighted by atomic mass is 16.5. The summed E-state index contributed by atoms with van der Waals surface area (Å²) in [6.45, 7) is 2.06. The van der Waals surface area contributed by atoms with Crippen LogP contribution >= 0.6 is 0 Å². The van der Waals surface area contributed by atoms with E-state index < -0.39 is 0 Å². The smallest absolute Gasteiger partial charge is 0.161 e. The number of methoxy groups -OCH3 is 1.